The number of carboxylic acid groups (broad SMARTS) is 1. The van der Waals surface area contributed by atoms with Gasteiger partial charge in [-0.1, -0.05) is 19.9 Å². The average molecular weight is 279 g/mol. The summed E-state index contributed by atoms with van der Waals surface area (Å²) in [5.74, 6) is -1.54. The Morgan fingerprint density at radius 1 is 1.30 bits per heavy atom. The van der Waals surface area contributed by atoms with Crippen LogP contribution in [0.2, 0.25) is 0 Å². The van der Waals surface area contributed by atoms with Crippen LogP contribution in [0.3, 0.4) is 0 Å². The van der Waals surface area contributed by atoms with E-state index in [0.717, 1.165) is 5.69 Å². The maximum atomic E-state index is 11.7. The molecule has 2 unspecified atom stereocenters. The molecule has 1 rings (SSSR count). The van der Waals surface area contributed by atoms with Crippen molar-refractivity contribution in [3.05, 3.63) is 30.1 Å². The van der Waals surface area contributed by atoms with Crippen LogP contribution < -0.4 is 10.6 Å². The molecule has 6 heteroatoms. The fourth-order valence-electron chi connectivity index (χ4n) is 1.76. The van der Waals surface area contributed by atoms with E-state index in [0.29, 0.717) is 0 Å². The van der Waals surface area contributed by atoms with Gasteiger partial charge in [-0.05, 0) is 25.0 Å². The van der Waals surface area contributed by atoms with Crippen molar-refractivity contribution < 1.29 is 14.7 Å². The molecule has 0 saturated heterocycles. The predicted molar refractivity (Wildman–Crippen MR) is 75.2 cm³/mol. The van der Waals surface area contributed by atoms with E-state index < -0.39 is 17.9 Å². The summed E-state index contributed by atoms with van der Waals surface area (Å²) in [6, 6.07) is 4.83. The first-order valence-electron chi connectivity index (χ1n) is 6.60. The number of rotatable bonds is 6. The molecule has 6 nitrogen and oxygen atoms in total. The summed E-state index contributed by atoms with van der Waals surface area (Å²) >= 11 is 0. The van der Waals surface area contributed by atoms with Crippen molar-refractivity contribution in [3.8, 4) is 0 Å². The third-order valence-electron chi connectivity index (χ3n) is 3.08. The minimum absolute atomic E-state index is 0.0407. The Morgan fingerprint density at radius 2 is 2.00 bits per heavy atom. The lowest BCUT2D eigenvalue weighted by Crippen LogP contribution is -2.42. The number of carbonyl (C=O) groups excluding carboxylic acids is 1. The zero-order valence-corrected chi connectivity index (χ0v) is 12.0. The molecule has 0 bridgehead atoms. The third kappa shape index (κ3) is 4.87. The van der Waals surface area contributed by atoms with Crippen molar-refractivity contribution in [2.45, 2.75) is 26.8 Å². The zero-order chi connectivity index (χ0) is 15.1. The summed E-state index contributed by atoms with van der Waals surface area (Å²) in [6.07, 6.45) is 1.66. The molecular weight excluding hydrogens is 258 g/mol. The first kappa shape index (κ1) is 15.9. The molecular formula is C14H21N3O3. The van der Waals surface area contributed by atoms with Crippen molar-refractivity contribution in [3.63, 3.8) is 0 Å². The summed E-state index contributed by atoms with van der Waals surface area (Å²) < 4.78 is 0. The van der Waals surface area contributed by atoms with Gasteiger partial charge in [0.25, 0.3) is 0 Å². The number of hydrogen-bond acceptors (Lipinski definition) is 3. The van der Waals surface area contributed by atoms with E-state index in [1.807, 2.05) is 32.9 Å². The summed E-state index contributed by atoms with van der Waals surface area (Å²) in [7, 11) is 0. The Balaban J connectivity index is 2.46. The molecule has 2 atom stereocenters. The molecule has 0 aliphatic heterocycles. The lowest BCUT2D eigenvalue weighted by Gasteiger charge is -2.18. The van der Waals surface area contributed by atoms with Gasteiger partial charge in [0.2, 0.25) is 0 Å². The number of carboxylic acids is 1. The second-order valence-electron chi connectivity index (χ2n) is 5.02. The highest BCUT2D eigenvalue weighted by Gasteiger charge is 2.22. The Hall–Kier alpha value is -2.11. The van der Waals surface area contributed by atoms with Gasteiger partial charge in [0, 0.05) is 12.7 Å². The van der Waals surface area contributed by atoms with Crippen LogP contribution in [0.15, 0.2) is 24.4 Å². The number of urea groups is 1. The monoisotopic (exact) mass is 279 g/mol. The first-order chi connectivity index (χ1) is 9.41. The Bertz CT molecular complexity index is 448. The van der Waals surface area contributed by atoms with Gasteiger partial charge >= 0.3 is 12.0 Å². The molecule has 0 aliphatic rings. The van der Waals surface area contributed by atoms with Crippen molar-refractivity contribution in [1.82, 2.24) is 15.6 Å². The van der Waals surface area contributed by atoms with Crippen molar-refractivity contribution in [1.29, 1.82) is 0 Å². The molecule has 0 aromatic carbocycles. The molecule has 1 aromatic heterocycles. The van der Waals surface area contributed by atoms with Crippen LogP contribution in [0.5, 0.6) is 0 Å². The third-order valence-corrected chi connectivity index (χ3v) is 3.08. The second-order valence-corrected chi connectivity index (χ2v) is 5.02. The Kier molecular flexibility index (Phi) is 5.96. The largest absolute Gasteiger partial charge is 0.481 e. The van der Waals surface area contributed by atoms with Gasteiger partial charge in [-0.2, -0.15) is 0 Å². The number of hydrogen-bond donors (Lipinski definition) is 3. The number of aliphatic carboxylic acids is 1. The molecule has 0 spiro atoms. The number of amides is 2. The maximum Gasteiger partial charge on any atom is 0.315 e. The van der Waals surface area contributed by atoms with Gasteiger partial charge in [-0.25, -0.2) is 4.79 Å². The lowest BCUT2D eigenvalue weighted by molar-refractivity contribution is -0.142. The van der Waals surface area contributed by atoms with Gasteiger partial charge in [0.05, 0.1) is 17.7 Å². The van der Waals surface area contributed by atoms with Crippen LogP contribution in [-0.2, 0) is 4.79 Å². The second kappa shape index (κ2) is 7.47. The van der Waals surface area contributed by atoms with E-state index in [9.17, 15) is 9.59 Å². The topological polar surface area (TPSA) is 91.3 Å². The minimum atomic E-state index is -0.905. The van der Waals surface area contributed by atoms with Crippen LogP contribution in [-0.4, -0.2) is 28.6 Å². The predicted octanol–water partition coefficient (Wildman–Crippen LogP) is 1.80. The zero-order valence-electron chi connectivity index (χ0n) is 12.0. The number of aromatic nitrogens is 1. The fraction of sp³-hybridized carbons (Fsp3) is 0.500. The van der Waals surface area contributed by atoms with Crippen LogP contribution in [0.4, 0.5) is 4.79 Å². The van der Waals surface area contributed by atoms with Gasteiger partial charge < -0.3 is 15.7 Å². The maximum absolute atomic E-state index is 11.7. The molecule has 110 valence electrons. The fourth-order valence-corrected chi connectivity index (χ4v) is 1.76. The van der Waals surface area contributed by atoms with Crippen molar-refractivity contribution in [2.24, 2.45) is 11.8 Å². The molecule has 1 heterocycles. The van der Waals surface area contributed by atoms with E-state index >= 15 is 0 Å². The summed E-state index contributed by atoms with van der Waals surface area (Å²) in [4.78, 5) is 26.9. The highest BCUT2D eigenvalue weighted by molar-refractivity contribution is 5.76. The minimum Gasteiger partial charge on any atom is -0.481 e. The number of nitrogens with zero attached hydrogens (tertiary/aromatic N) is 1. The van der Waals surface area contributed by atoms with Gasteiger partial charge in [0.15, 0.2) is 0 Å². The highest BCUT2D eigenvalue weighted by Crippen LogP contribution is 2.10. The lowest BCUT2D eigenvalue weighted by atomic mass is 9.96. The van der Waals surface area contributed by atoms with Crippen LogP contribution in [0.25, 0.3) is 0 Å². The van der Waals surface area contributed by atoms with Gasteiger partial charge in [-0.15, -0.1) is 0 Å². The van der Waals surface area contributed by atoms with E-state index in [2.05, 4.69) is 15.6 Å². The Morgan fingerprint density at radius 3 is 2.50 bits per heavy atom. The molecule has 0 radical (unpaired) electrons. The molecule has 0 fully saturated rings. The van der Waals surface area contributed by atoms with Crippen LogP contribution in [0, 0.1) is 11.8 Å². The van der Waals surface area contributed by atoms with Gasteiger partial charge in [0.1, 0.15) is 0 Å². The van der Waals surface area contributed by atoms with E-state index in [1.165, 1.54) is 0 Å². The van der Waals surface area contributed by atoms with Crippen molar-refractivity contribution >= 4 is 12.0 Å². The van der Waals surface area contributed by atoms with Crippen molar-refractivity contribution in [2.75, 3.05) is 6.54 Å². The molecule has 3 N–H and O–H groups in total. The normalized spacial score (nSPS) is 13.6. The van der Waals surface area contributed by atoms with Gasteiger partial charge in [-0.3, -0.25) is 9.78 Å². The summed E-state index contributed by atoms with van der Waals surface area (Å²) in [5, 5.41) is 14.3. The molecule has 0 aliphatic carbocycles. The quantitative estimate of drug-likeness (QED) is 0.740. The van der Waals surface area contributed by atoms with E-state index in [4.69, 9.17) is 5.11 Å². The summed E-state index contributed by atoms with van der Waals surface area (Å²) in [6.45, 7) is 5.55. The number of nitrogens with one attached hydrogen (secondary N) is 2. The van der Waals surface area contributed by atoms with E-state index in [-0.39, 0.29) is 18.5 Å². The highest BCUT2D eigenvalue weighted by atomic mass is 16.4. The Labute approximate surface area is 118 Å². The smallest absolute Gasteiger partial charge is 0.315 e. The summed E-state index contributed by atoms with van der Waals surface area (Å²) in [5.41, 5.74) is 0.751. The SMILES string of the molecule is CC(NC(=O)NCC(C(=O)O)C(C)C)c1ccccn1. The number of pyridine rings is 1. The van der Waals surface area contributed by atoms with Crippen LogP contribution >= 0.6 is 0 Å². The molecule has 0 saturated carbocycles. The molecule has 20 heavy (non-hydrogen) atoms. The van der Waals surface area contributed by atoms with E-state index in [1.54, 1.807) is 12.3 Å². The average Bonchev–Trinajstić information content (AvgIpc) is 2.39. The van der Waals surface area contributed by atoms with Crippen LogP contribution in [0.1, 0.15) is 32.5 Å². The standard InChI is InChI=1S/C14H21N3O3/c1-9(2)11(13(18)19)8-16-14(20)17-10(3)12-6-4-5-7-15-12/h4-7,9-11H,8H2,1-3H3,(H,18,19)(H2,16,17,20). The molecule has 1 aromatic rings. The first-order valence-corrected chi connectivity index (χ1v) is 6.60. The number of carbonyl (C=O) groups is 2. The molecule has 2 amide bonds.